The Morgan fingerprint density at radius 1 is 0.842 bits per heavy atom. The maximum Gasteiger partial charge on any atom is 0.305 e. The van der Waals surface area contributed by atoms with Crippen LogP contribution in [0.1, 0.15) is 84.0 Å². The number of rotatable bonds is 14. The van der Waals surface area contributed by atoms with Gasteiger partial charge in [0.05, 0.1) is 6.61 Å². The van der Waals surface area contributed by atoms with Crippen LogP contribution in [0.2, 0.25) is 0 Å². The topological polar surface area (TPSA) is 26.3 Å². The number of carbonyl (C=O) groups excluding carboxylic acids is 1. The molecule has 3 heteroatoms. The maximum atomic E-state index is 11.2. The summed E-state index contributed by atoms with van der Waals surface area (Å²) in [7, 11) is 0. The molecular weight excluding hydrogens is 260 g/mol. The van der Waals surface area contributed by atoms with Crippen molar-refractivity contribution < 1.29 is 9.53 Å². The highest BCUT2D eigenvalue weighted by Crippen LogP contribution is 2.10. The van der Waals surface area contributed by atoms with E-state index >= 15 is 0 Å². The Bertz CT molecular complexity index is 195. The number of esters is 1. The molecule has 0 fully saturated rings. The summed E-state index contributed by atoms with van der Waals surface area (Å²) in [6.45, 7) is 2.83. The van der Waals surface area contributed by atoms with Crippen molar-refractivity contribution in [1.82, 2.24) is 0 Å². The van der Waals surface area contributed by atoms with Gasteiger partial charge in [0, 0.05) is 12.3 Å². The molecule has 0 radical (unpaired) electrons. The molecule has 0 amide bonds. The van der Waals surface area contributed by atoms with Gasteiger partial charge in [-0.1, -0.05) is 64.7 Å². The maximum absolute atomic E-state index is 11.2. The fourth-order valence-electron chi connectivity index (χ4n) is 2.06. The van der Waals surface area contributed by atoms with Crippen molar-refractivity contribution in [3.05, 3.63) is 0 Å². The Morgan fingerprint density at radius 3 is 1.89 bits per heavy atom. The van der Waals surface area contributed by atoms with Gasteiger partial charge in [-0.05, 0) is 12.8 Å². The summed E-state index contributed by atoms with van der Waals surface area (Å²) in [4.78, 5) is 11.2. The minimum absolute atomic E-state index is 0.100. The third-order valence-corrected chi connectivity index (χ3v) is 3.54. The predicted octanol–water partition coefficient (Wildman–Crippen LogP) is 5.47. The van der Waals surface area contributed by atoms with Gasteiger partial charge in [-0.2, -0.15) is 0 Å². The molecule has 0 rings (SSSR count). The van der Waals surface area contributed by atoms with Gasteiger partial charge < -0.3 is 4.74 Å². The molecule has 0 aliphatic carbocycles. The molecule has 0 aromatic rings. The Kier molecular flexibility index (Phi) is 15.6. The quantitative estimate of drug-likeness (QED) is 0.241. The molecule has 0 unspecified atom stereocenters. The minimum atomic E-state index is -0.100. The lowest BCUT2D eigenvalue weighted by molar-refractivity contribution is -0.143. The van der Waals surface area contributed by atoms with Crippen molar-refractivity contribution in [3.8, 4) is 0 Å². The van der Waals surface area contributed by atoms with Crippen molar-refractivity contribution in [2.45, 2.75) is 84.0 Å². The van der Waals surface area contributed by atoms with Crippen LogP contribution >= 0.6 is 11.6 Å². The van der Waals surface area contributed by atoms with Crippen molar-refractivity contribution in [3.63, 3.8) is 0 Å². The Labute approximate surface area is 124 Å². The normalized spacial score (nSPS) is 10.6. The summed E-state index contributed by atoms with van der Waals surface area (Å²) in [5.41, 5.74) is 0. The summed E-state index contributed by atoms with van der Waals surface area (Å²) in [6.07, 6.45) is 14.2. The number of halogens is 1. The van der Waals surface area contributed by atoms with Crippen LogP contribution in [0.5, 0.6) is 0 Å². The molecule has 0 aromatic heterocycles. The molecule has 0 heterocycles. The van der Waals surface area contributed by atoms with Crippen molar-refractivity contribution in [2.24, 2.45) is 0 Å². The summed E-state index contributed by atoms with van der Waals surface area (Å²) >= 11 is 5.51. The summed E-state index contributed by atoms with van der Waals surface area (Å²) in [6, 6.07) is 0. The summed E-state index contributed by atoms with van der Waals surface area (Å²) in [5.74, 6) is 0.435. The van der Waals surface area contributed by atoms with E-state index in [9.17, 15) is 4.79 Å². The molecule has 19 heavy (non-hydrogen) atoms. The Balaban J connectivity index is 3.04. The fraction of sp³-hybridized carbons (Fsp3) is 0.938. The third-order valence-electron chi connectivity index (χ3n) is 3.28. The standard InChI is InChI=1S/C16H31ClO2/c1-2-3-4-5-6-7-8-9-10-11-15-19-16(18)13-12-14-17/h2-15H2,1H3. The number of hydrogen-bond donors (Lipinski definition) is 0. The number of ether oxygens (including phenoxy) is 1. The van der Waals surface area contributed by atoms with Crippen molar-refractivity contribution >= 4 is 17.6 Å². The van der Waals surface area contributed by atoms with E-state index in [1.165, 1.54) is 57.8 Å². The van der Waals surface area contributed by atoms with Gasteiger partial charge in [0.2, 0.25) is 0 Å². The van der Waals surface area contributed by atoms with E-state index in [0.717, 1.165) is 12.8 Å². The molecule has 0 bridgehead atoms. The van der Waals surface area contributed by atoms with Crippen LogP contribution in [-0.4, -0.2) is 18.5 Å². The smallest absolute Gasteiger partial charge is 0.305 e. The van der Waals surface area contributed by atoms with Gasteiger partial charge >= 0.3 is 5.97 Å². The molecule has 0 atom stereocenters. The zero-order valence-electron chi connectivity index (χ0n) is 12.6. The SMILES string of the molecule is CCCCCCCCCCCCOC(=O)CCCCl. The highest BCUT2D eigenvalue weighted by Gasteiger charge is 2.01. The second kappa shape index (κ2) is 15.8. The van der Waals surface area contributed by atoms with E-state index < -0.39 is 0 Å². The van der Waals surface area contributed by atoms with Crippen LogP contribution in [0, 0.1) is 0 Å². The number of carbonyl (C=O) groups is 1. The molecule has 0 aliphatic rings. The first-order chi connectivity index (χ1) is 9.31. The largest absolute Gasteiger partial charge is 0.466 e. The van der Waals surface area contributed by atoms with Crippen LogP contribution in [0.15, 0.2) is 0 Å². The second-order valence-electron chi connectivity index (χ2n) is 5.19. The van der Waals surface area contributed by atoms with Crippen LogP contribution in [0.25, 0.3) is 0 Å². The predicted molar refractivity (Wildman–Crippen MR) is 82.8 cm³/mol. The molecule has 0 aromatic carbocycles. The Morgan fingerprint density at radius 2 is 1.37 bits per heavy atom. The lowest BCUT2D eigenvalue weighted by Gasteiger charge is -2.04. The number of unbranched alkanes of at least 4 members (excludes halogenated alkanes) is 9. The summed E-state index contributed by atoms with van der Waals surface area (Å²) < 4.78 is 5.12. The van der Waals surface area contributed by atoms with E-state index in [2.05, 4.69) is 6.92 Å². The van der Waals surface area contributed by atoms with Crippen LogP contribution in [0.4, 0.5) is 0 Å². The van der Waals surface area contributed by atoms with Crippen LogP contribution in [-0.2, 0) is 9.53 Å². The average Bonchev–Trinajstić information content (AvgIpc) is 2.42. The molecule has 0 N–H and O–H groups in total. The van der Waals surface area contributed by atoms with Gasteiger partial charge in [0.25, 0.3) is 0 Å². The minimum Gasteiger partial charge on any atom is -0.466 e. The van der Waals surface area contributed by atoms with Gasteiger partial charge in [-0.25, -0.2) is 0 Å². The van der Waals surface area contributed by atoms with Gasteiger partial charge in [-0.15, -0.1) is 11.6 Å². The van der Waals surface area contributed by atoms with Crippen LogP contribution in [0.3, 0.4) is 0 Å². The number of hydrogen-bond acceptors (Lipinski definition) is 2. The first kappa shape index (κ1) is 18.8. The molecule has 0 saturated carbocycles. The van der Waals surface area contributed by atoms with E-state index in [0.29, 0.717) is 18.9 Å². The molecule has 0 saturated heterocycles. The molecule has 114 valence electrons. The average molecular weight is 291 g/mol. The van der Waals surface area contributed by atoms with Crippen molar-refractivity contribution in [2.75, 3.05) is 12.5 Å². The second-order valence-corrected chi connectivity index (χ2v) is 5.57. The lowest BCUT2D eigenvalue weighted by Crippen LogP contribution is -2.05. The third kappa shape index (κ3) is 15.7. The first-order valence-electron chi connectivity index (χ1n) is 8.02. The van der Waals surface area contributed by atoms with Crippen LogP contribution < -0.4 is 0 Å². The van der Waals surface area contributed by atoms with E-state index in [1.54, 1.807) is 0 Å². The van der Waals surface area contributed by atoms with Gasteiger partial charge in [0.15, 0.2) is 0 Å². The first-order valence-corrected chi connectivity index (χ1v) is 8.56. The monoisotopic (exact) mass is 290 g/mol. The highest BCUT2D eigenvalue weighted by atomic mass is 35.5. The highest BCUT2D eigenvalue weighted by molar-refractivity contribution is 6.17. The molecule has 0 spiro atoms. The van der Waals surface area contributed by atoms with Gasteiger partial charge in [-0.3, -0.25) is 4.79 Å². The zero-order valence-corrected chi connectivity index (χ0v) is 13.3. The Hall–Kier alpha value is -0.240. The van der Waals surface area contributed by atoms with Gasteiger partial charge in [0.1, 0.15) is 0 Å². The number of alkyl halides is 1. The lowest BCUT2D eigenvalue weighted by atomic mass is 10.1. The van der Waals surface area contributed by atoms with Crippen molar-refractivity contribution in [1.29, 1.82) is 0 Å². The molecular formula is C16H31ClO2. The fourth-order valence-corrected chi connectivity index (χ4v) is 2.19. The van der Waals surface area contributed by atoms with E-state index in [-0.39, 0.29) is 5.97 Å². The summed E-state index contributed by atoms with van der Waals surface area (Å²) in [5, 5.41) is 0. The van der Waals surface area contributed by atoms with E-state index in [1.807, 2.05) is 0 Å². The van der Waals surface area contributed by atoms with E-state index in [4.69, 9.17) is 16.3 Å². The zero-order chi connectivity index (χ0) is 14.2. The molecule has 0 aliphatic heterocycles. The molecule has 2 nitrogen and oxygen atoms in total.